The lowest BCUT2D eigenvalue weighted by Gasteiger charge is -2.07. The van der Waals surface area contributed by atoms with Crippen molar-refractivity contribution in [1.29, 1.82) is 5.26 Å². The van der Waals surface area contributed by atoms with Crippen molar-refractivity contribution >= 4 is 39.3 Å². The average Bonchev–Trinajstić information content (AvgIpc) is 2.77. The molecule has 0 aliphatic carbocycles. The minimum atomic E-state index is -0.501. The van der Waals surface area contributed by atoms with Crippen molar-refractivity contribution in [1.82, 2.24) is 0 Å². The van der Waals surface area contributed by atoms with Crippen LogP contribution in [0.25, 0.3) is 6.08 Å². The molecule has 0 bridgehead atoms. The molecule has 0 unspecified atom stereocenters. The van der Waals surface area contributed by atoms with Gasteiger partial charge in [0.15, 0.2) is 0 Å². The second-order valence-electron chi connectivity index (χ2n) is 6.42. The molecule has 31 heavy (non-hydrogen) atoms. The number of nitrogens with zero attached hydrogens (tertiary/aromatic N) is 2. The summed E-state index contributed by atoms with van der Waals surface area (Å²) in [7, 11) is 0. The zero-order valence-electron chi connectivity index (χ0n) is 16.1. The Labute approximate surface area is 186 Å². The van der Waals surface area contributed by atoms with Crippen molar-refractivity contribution in [2.24, 2.45) is 0 Å². The van der Waals surface area contributed by atoms with E-state index >= 15 is 0 Å². The second-order valence-corrected chi connectivity index (χ2v) is 7.33. The smallest absolute Gasteiger partial charge is 0.269 e. The van der Waals surface area contributed by atoms with Crippen molar-refractivity contribution in [3.05, 3.63) is 104 Å². The average molecular weight is 478 g/mol. The molecule has 0 aromatic heterocycles. The summed E-state index contributed by atoms with van der Waals surface area (Å²) < 4.78 is 6.49. The quantitative estimate of drug-likeness (QED) is 0.210. The molecule has 0 spiro atoms. The summed E-state index contributed by atoms with van der Waals surface area (Å²) >= 11 is 3.33. The number of rotatable bonds is 7. The molecule has 0 aliphatic rings. The highest BCUT2D eigenvalue weighted by atomic mass is 79.9. The molecule has 0 atom stereocenters. The van der Waals surface area contributed by atoms with Gasteiger partial charge in [0, 0.05) is 22.3 Å². The summed E-state index contributed by atoms with van der Waals surface area (Å²) in [5, 5.41) is 22.7. The number of amides is 1. The Morgan fingerprint density at radius 1 is 1.13 bits per heavy atom. The monoisotopic (exact) mass is 477 g/mol. The van der Waals surface area contributed by atoms with Crippen LogP contribution in [0.3, 0.4) is 0 Å². The Balaban J connectivity index is 1.62. The van der Waals surface area contributed by atoms with E-state index in [2.05, 4.69) is 21.2 Å². The normalized spacial score (nSPS) is 10.8. The number of non-ortho nitro benzene ring substituents is 1. The lowest BCUT2D eigenvalue weighted by molar-refractivity contribution is -0.384. The third-order valence-electron chi connectivity index (χ3n) is 4.19. The number of nitro benzene ring substituents is 1. The summed E-state index contributed by atoms with van der Waals surface area (Å²) in [6.07, 6.45) is 1.49. The molecule has 1 N–H and O–H groups in total. The Bertz CT molecular complexity index is 1170. The van der Waals surface area contributed by atoms with Crippen molar-refractivity contribution in [2.45, 2.75) is 6.61 Å². The fraction of sp³-hybridized carbons (Fsp3) is 0.0435. The van der Waals surface area contributed by atoms with Gasteiger partial charge in [0.25, 0.3) is 11.6 Å². The van der Waals surface area contributed by atoms with Crippen molar-refractivity contribution < 1.29 is 14.5 Å². The van der Waals surface area contributed by atoms with Crippen LogP contribution < -0.4 is 10.1 Å². The van der Waals surface area contributed by atoms with Gasteiger partial charge in [-0.3, -0.25) is 14.9 Å². The highest BCUT2D eigenvalue weighted by molar-refractivity contribution is 9.10. The van der Waals surface area contributed by atoms with Gasteiger partial charge in [-0.15, -0.1) is 0 Å². The van der Waals surface area contributed by atoms with Crippen LogP contribution in [0.15, 0.2) is 82.8 Å². The highest BCUT2D eigenvalue weighted by Crippen LogP contribution is 2.19. The largest absolute Gasteiger partial charge is 0.489 e. The molecule has 3 rings (SSSR count). The number of carbonyl (C=O) groups excluding carboxylic acids is 1. The lowest BCUT2D eigenvalue weighted by Crippen LogP contribution is -2.13. The number of nitrogens with one attached hydrogen (secondary N) is 1. The fourth-order valence-corrected chi connectivity index (χ4v) is 3.02. The number of halogens is 1. The molecule has 1 amide bonds. The number of nitriles is 1. The van der Waals surface area contributed by atoms with E-state index in [1.165, 1.54) is 18.2 Å². The van der Waals surface area contributed by atoms with E-state index < -0.39 is 10.8 Å². The number of ether oxygens (including phenoxy) is 1. The van der Waals surface area contributed by atoms with Gasteiger partial charge in [-0.25, -0.2) is 0 Å². The van der Waals surface area contributed by atoms with Crippen LogP contribution in [-0.4, -0.2) is 10.8 Å². The molecule has 0 saturated heterocycles. The Kier molecular flexibility index (Phi) is 7.14. The molecule has 3 aromatic rings. The molecule has 154 valence electrons. The van der Waals surface area contributed by atoms with E-state index in [-0.39, 0.29) is 17.9 Å². The number of nitro groups is 1. The molecule has 0 heterocycles. The molecule has 3 aromatic carbocycles. The van der Waals surface area contributed by atoms with Gasteiger partial charge in [-0.2, -0.15) is 5.26 Å². The maximum atomic E-state index is 12.4. The molecule has 7 nitrogen and oxygen atoms in total. The van der Waals surface area contributed by atoms with Gasteiger partial charge in [0.1, 0.15) is 24.0 Å². The molecule has 0 saturated carbocycles. The zero-order chi connectivity index (χ0) is 22.2. The van der Waals surface area contributed by atoms with E-state index in [4.69, 9.17) is 4.74 Å². The van der Waals surface area contributed by atoms with E-state index in [9.17, 15) is 20.2 Å². The van der Waals surface area contributed by atoms with Crippen LogP contribution in [0.5, 0.6) is 5.75 Å². The topological polar surface area (TPSA) is 105 Å². The number of hydrogen-bond donors (Lipinski definition) is 1. The van der Waals surface area contributed by atoms with Crippen LogP contribution in [0.4, 0.5) is 11.4 Å². The predicted molar refractivity (Wildman–Crippen MR) is 120 cm³/mol. The maximum absolute atomic E-state index is 12.4. The first-order chi connectivity index (χ1) is 14.9. The zero-order valence-corrected chi connectivity index (χ0v) is 17.7. The predicted octanol–water partition coefficient (Wildman–Crippen LogP) is 5.48. The van der Waals surface area contributed by atoms with Gasteiger partial charge >= 0.3 is 0 Å². The lowest BCUT2D eigenvalue weighted by atomic mass is 10.1. The van der Waals surface area contributed by atoms with E-state index in [0.29, 0.717) is 17.0 Å². The first-order valence-corrected chi connectivity index (χ1v) is 9.89. The fourth-order valence-electron chi connectivity index (χ4n) is 2.62. The first kappa shape index (κ1) is 21.7. The molecular formula is C23H16BrN3O4. The van der Waals surface area contributed by atoms with Gasteiger partial charge in [0.05, 0.1) is 4.92 Å². The maximum Gasteiger partial charge on any atom is 0.269 e. The van der Waals surface area contributed by atoms with Gasteiger partial charge < -0.3 is 10.1 Å². The van der Waals surface area contributed by atoms with Crippen LogP contribution in [0.1, 0.15) is 11.1 Å². The number of carbonyl (C=O) groups is 1. The Morgan fingerprint density at radius 3 is 2.45 bits per heavy atom. The number of anilines is 1. The highest BCUT2D eigenvalue weighted by Gasteiger charge is 2.10. The van der Waals surface area contributed by atoms with Crippen LogP contribution in [0.2, 0.25) is 0 Å². The number of hydrogen-bond acceptors (Lipinski definition) is 5. The molecule has 0 fully saturated rings. The minimum Gasteiger partial charge on any atom is -0.489 e. The van der Waals surface area contributed by atoms with Crippen molar-refractivity contribution in [2.75, 3.05) is 5.32 Å². The van der Waals surface area contributed by atoms with E-state index in [0.717, 1.165) is 10.0 Å². The molecule has 0 radical (unpaired) electrons. The van der Waals surface area contributed by atoms with E-state index in [1.807, 2.05) is 12.1 Å². The summed E-state index contributed by atoms with van der Waals surface area (Å²) in [5.41, 5.74) is 2.04. The van der Waals surface area contributed by atoms with Crippen LogP contribution in [0, 0.1) is 21.4 Å². The molecular weight excluding hydrogens is 462 g/mol. The standard InChI is InChI=1S/C23H16BrN3O4/c24-19-2-1-3-20(13-19)26-23(28)18(14-25)12-16-6-10-22(11-7-16)31-15-17-4-8-21(9-5-17)27(29)30/h1-13H,15H2,(H,26,28)/b18-12-. The van der Waals surface area contributed by atoms with Gasteiger partial charge in [0.2, 0.25) is 0 Å². The third-order valence-corrected chi connectivity index (χ3v) is 4.68. The summed E-state index contributed by atoms with van der Waals surface area (Å²) in [6, 6.07) is 22.0. The first-order valence-electron chi connectivity index (χ1n) is 9.09. The Morgan fingerprint density at radius 2 is 1.84 bits per heavy atom. The number of benzene rings is 3. The molecule has 8 heteroatoms. The second kappa shape index (κ2) is 10.2. The van der Waals surface area contributed by atoms with Gasteiger partial charge in [-0.05, 0) is 59.7 Å². The van der Waals surface area contributed by atoms with Crippen molar-refractivity contribution in [3.63, 3.8) is 0 Å². The van der Waals surface area contributed by atoms with Crippen LogP contribution in [-0.2, 0) is 11.4 Å². The van der Waals surface area contributed by atoms with Crippen molar-refractivity contribution in [3.8, 4) is 11.8 Å². The third kappa shape index (κ3) is 6.26. The Hall–Kier alpha value is -3.96. The summed E-state index contributed by atoms with van der Waals surface area (Å²) in [5.74, 6) is 0.0895. The molecule has 0 aliphatic heterocycles. The minimum absolute atomic E-state index is 0.0251. The summed E-state index contributed by atoms with van der Waals surface area (Å²) in [6.45, 7) is 0.256. The van der Waals surface area contributed by atoms with Crippen LogP contribution >= 0.6 is 15.9 Å². The van der Waals surface area contributed by atoms with E-state index in [1.54, 1.807) is 54.6 Å². The SMILES string of the molecule is N#C/C(=C/c1ccc(OCc2ccc([N+](=O)[O-])cc2)cc1)C(=O)Nc1cccc(Br)c1. The summed E-state index contributed by atoms with van der Waals surface area (Å²) in [4.78, 5) is 22.6. The van der Waals surface area contributed by atoms with Gasteiger partial charge in [-0.1, -0.05) is 34.1 Å².